The molecule has 0 radical (unpaired) electrons. The highest BCUT2D eigenvalue weighted by Gasteiger charge is 2.24. The molecule has 170 valence electrons. The van der Waals surface area contributed by atoms with Crippen LogP contribution in [-0.2, 0) is 6.54 Å². The Kier molecular flexibility index (Phi) is 5.81. The summed E-state index contributed by atoms with van der Waals surface area (Å²) in [5.74, 6) is 0.277. The van der Waals surface area contributed by atoms with Crippen LogP contribution in [0.1, 0.15) is 6.92 Å². The average Bonchev–Trinajstić information content (AvgIpc) is 3.11. The van der Waals surface area contributed by atoms with E-state index in [9.17, 15) is 9.59 Å². The molecule has 0 saturated heterocycles. The van der Waals surface area contributed by atoms with Crippen molar-refractivity contribution in [2.75, 3.05) is 0 Å². The smallest absolute Gasteiger partial charge is 0.286 e. The lowest BCUT2D eigenvalue weighted by Crippen LogP contribution is -2.26. The maximum absolute atomic E-state index is 14.0. The summed E-state index contributed by atoms with van der Waals surface area (Å²) in [5, 5.41) is 1.30. The minimum Gasteiger partial charge on any atom is -0.286 e. The van der Waals surface area contributed by atoms with Crippen LogP contribution in [-0.4, -0.2) is 18.7 Å². The Morgan fingerprint density at radius 3 is 2.09 bits per heavy atom. The molecule has 6 nitrogen and oxygen atoms in total. The number of fused-ring (bicyclic) bond motifs is 1. The van der Waals surface area contributed by atoms with Gasteiger partial charge in [-0.1, -0.05) is 53.0 Å². The lowest BCUT2D eigenvalue weighted by molar-refractivity contribution is 0.730. The Bertz CT molecular complexity index is 1650. The number of halogens is 3. The molecule has 9 heteroatoms. The zero-order valence-corrected chi connectivity index (χ0v) is 20.1. The lowest BCUT2D eigenvalue weighted by Gasteiger charge is -2.15. The van der Waals surface area contributed by atoms with Crippen LogP contribution in [0, 0.1) is 0 Å². The van der Waals surface area contributed by atoms with Gasteiger partial charge in [0.1, 0.15) is 0 Å². The van der Waals surface area contributed by atoms with Crippen molar-refractivity contribution in [2.45, 2.75) is 13.5 Å². The molecular weight excluding hydrogens is 495 g/mol. The van der Waals surface area contributed by atoms with Crippen LogP contribution in [0.3, 0.4) is 0 Å². The first-order chi connectivity index (χ1) is 16.4. The largest absolute Gasteiger partial charge is 0.335 e. The molecule has 0 fully saturated rings. The molecule has 3 aromatic carbocycles. The molecule has 0 bridgehead atoms. The van der Waals surface area contributed by atoms with Crippen LogP contribution in [0.4, 0.5) is 0 Å². The molecule has 0 unspecified atom stereocenters. The highest BCUT2D eigenvalue weighted by atomic mass is 35.5. The average molecular weight is 512 g/mol. The van der Waals surface area contributed by atoms with Crippen molar-refractivity contribution in [3.63, 3.8) is 0 Å². The highest BCUT2D eigenvalue weighted by Crippen LogP contribution is 2.31. The molecule has 0 aliphatic carbocycles. The molecule has 0 N–H and O–H groups in total. The van der Waals surface area contributed by atoms with Gasteiger partial charge in [0.25, 0.3) is 5.56 Å². The molecule has 0 aliphatic rings. The zero-order valence-electron chi connectivity index (χ0n) is 17.9. The summed E-state index contributed by atoms with van der Waals surface area (Å²) in [6, 6.07) is 20.8. The van der Waals surface area contributed by atoms with Crippen molar-refractivity contribution in [2.24, 2.45) is 0 Å². The third-order valence-corrected chi connectivity index (χ3v) is 6.33. The number of nitrogens with zero attached hydrogens (tertiary/aromatic N) is 4. The van der Waals surface area contributed by atoms with E-state index in [0.29, 0.717) is 38.6 Å². The van der Waals surface area contributed by atoms with E-state index >= 15 is 0 Å². The molecular formula is C25H17Cl3N4O2. The van der Waals surface area contributed by atoms with Gasteiger partial charge in [-0.3, -0.25) is 13.9 Å². The van der Waals surface area contributed by atoms with Gasteiger partial charge in [0.2, 0.25) is 0 Å². The van der Waals surface area contributed by atoms with Crippen LogP contribution in [0.25, 0.3) is 33.9 Å². The molecule has 0 saturated carbocycles. The van der Waals surface area contributed by atoms with E-state index in [1.807, 2.05) is 25.1 Å². The number of rotatable bonds is 4. The van der Waals surface area contributed by atoms with Gasteiger partial charge in [-0.25, -0.2) is 14.3 Å². The first-order valence-electron chi connectivity index (χ1n) is 10.5. The Morgan fingerprint density at radius 2 is 1.44 bits per heavy atom. The number of hydrogen-bond acceptors (Lipinski definition) is 3. The summed E-state index contributed by atoms with van der Waals surface area (Å²) < 4.78 is 4.31. The fourth-order valence-electron chi connectivity index (χ4n) is 3.98. The third-order valence-electron chi connectivity index (χ3n) is 5.53. The number of imidazole rings is 1. The second-order valence-electron chi connectivity index (χ2n) is 7.55. The number of hydrogen-bond donors (Lipinski definition) is 0. The van der Waals surface area contributed by atoms with Crippen LogP contribution in [0.15, 0.2) is 82.4 Å². The molecule has 0 amide bonds. The Labute approximate surface area is 209 Å². The van der Waals surface area contributed by atoms with Gasteiger partial charge in [0.05, 0.1) is 16.4 Å². The van der Waals surface area contributed by atoms with Crippen LogP contribution >= 0.6 is 34.8 Å². The number of para-hydroxylation sites is 1. The fourth-order valence-corrected chi connectivity index (χ4v) is 4.60. The predicted molar refractivity (Wildman–Crippen MR) is 137 cm³/mol. The number of aromatic nitrogens is 4. The molecule has 0 atom stereocenters. The lowest BCUT2D eigenvalue weighted by atomic mass is 10.2. The SMILES string of the molecule is CCn1c(=O)n(-c2ccccc2)c2nc(-c3ccc(Cl)cc3Cl)n(-c3ccc(Cl)cc3)c(=O)c21. The summed E-state index contributed by atoms with van der Waals surface area (Å²) in [6.45, 7) is 2.11. The maximum atomic E-state index is 14.0. The van der Waals surface area contributed by atoms with Gasteiger partial charge in [-0.05, 0) is 61.5 Å². The standard InChI is InChI=1S/C25H17Cl3N4O2/c1-2-30-21-23(32(25(30)34)17-6-4-3-5-7-17)29-22(19-13-10-16(27)14-20(19)28)31(24(21)33)18-11-8-15(26)9-12-18/h3-14H,2H2,1H3. The summed E-state index contributed by atoms with van der Waals surface area (Å²) in [6.07, 6.45) is 0. The van der Waals surface area contributed by atoms with Gasteiger partial charge in [0.15, 0.2) is 17.0 Å². The van der Waals surface area contributed by atoms with E-state index in [-0.39, 0.29) is 22.7 Å². The van der Waals surface area contributed by atoms with Crippen molar-refractivity contribution in [3.8, 4) is 22.8 Å². The van der Waals surface area contributed by atoms with E-state index in [0.717, 1.165) is 0 Å². The predicted octanol–water partition coefficient (Wildman–Crippen LogP) is 5.99. The monoisotopic (exact) mass is 510 g/mol. The van der Waals surface area contributed by atoms with Crippen LogP contribution < -0.4 is 11.2 Å². The van der Waals surface area contributed by atoms with E-state index in [4.69, 9.17) is 39.8 Å². The minimum atomic E-state index is -0.401. The molecule has 5 aromatic rings. The van der Waals surface area contributed by atoms with Crippen LogP contribution in [0.5, 0.6) is 0 Å². The number of aryl methyl sites for hydroxylation is 1. The summed E-state index contributed by atoms with van der Waals surface area (Å²) >= 11 is 18.7. The van der Waals surface area contributed by atoms with E-state index in [1.54, 1.807) is 54.6 Å². The topological polar surface area (TPSA) is 61.8 Å². The molecule has 0 spiro atoms. The highest BCUT2D eigenvalue weighted by molar-refractivity contribution is 6.36. The second kappa shape index (κ2) is 8.80. The van der Waals surface area contributed by atoms with E-state index in [1.165, 1.54) is 13.7 Å². The zero-order chi connectivity index (χ0) is 24.0. The van der Waals surface area contributed by atoms with Crippen molar-refractivity contribution in [3.05, 3.63) is 109 Å². The van der Waals surface area contributed by atoms with Gasteiger partial charge < -0.3 is 0 Å². The Hall–Kier alpha value is -3.32. The maximum Gasteiger partial charge on any atom is 0.335 e. The van der Waals surface area contributed by atoms with Gasteiger partial charge in [-0.15, -0.1) is 0 Å². The number of benzene rings is 3. The van der Waals surface area contributed by atoms with Gasteiger partial charge >= 0.3 is 5.69 Å². The third kappa shape index (κ3) is 3.64. The summed E-state index contributed by atoms with van der Waals surface area (Å²) in [5.41, 5.74) is 1.32. The van der Waals surface area contributed by atoms with Gasteiger partial charge in [0, 0.05) is 22.2 Å². The Balaban J connectivity index is 1.98. The molecule has 0 aliphatic heterocycles. The normalized spacial score (nSPS) is 11.3. The molecule has 2 aromatic heterocycles. The van der Waals surface area contributed by atoms with E-state index in [2.05, 4.69) is 0 Å². The van der Waals surface area contributed by atoms with E-state index < -0.39 is 5.56 Å². The molecule has 5 rings (SSSR count). The van der Waals surface area contributed by atoms with Crippen molar-refractivity contribution in [1.82, 2.24) is 18.7 Å². The first kappa shape index (κ1) is 22.5. The minimum absolute atomic E-state index is 0.195. The van der Waals surface area contributed by atoms with Crippen molar-refractivity contribution >= 4 is 46.0 Å². The summed E-state index contributed by atoms with van der Waals surface area (Å²) in [4.78, 5) is 32.3. The second-order valence-corrected chi connectivity index (χ2v) is 8.83. The van der Waals surface area contributed by atoms with Crippen molar-refractivity contribution < 1.29 is 0 Å². The fraction of sp³-hybridized carbons (Fsp3) is 0.0800. The quantitative estimate of drug-likeness (QED) is 0.298. The molecule has 34 heavy (non-hydrogen) atoms. The van der Waals surface area contributed by atoms with Crippen LogP contribution in [0.2, 0.25) is 15.1 Å². The summed E-state index contributed by atoms with van der Waals surface area (Å²) in [7, 11) is 0. The van der Waals surface area contributed by atoms with Crippen molar-refractivity contribution in [1.29, 1.82) is 0 Å². The Morgan fingerprint density at radius 1 is 0.794 bits per heavy atom. The van der Waals surface area contributed by atoms with Gasteiger partial charge in [-0.2, -0.15) is 0 Å². The first-order valence-corrected chi connectivity index (χ1v) is 11.6. The molecule has 2 heterocycles.